The van der Waals surface area contributed by atoms with Gasteiger partial charge in [-0.3, -0.25) is 0 Å². The lowest BCUT2D eigenvalue weighted by Crippen LogP contribution is -1.97. The molecule has 1 unspecified atom stereocenters. The second-order valence-electron chi connectivity index (χ2n) is 3.63. The van der Waals surface area contributed by atoms with Crippen molar-refractivity contribution in [3.63, 3.8) is 0 Å². The number of hydrogen-bond donors (Lipinski definition) is 0. The maximum atomic E-state index is 13.0. The topological polar surface area (TPSA) is 0 Å². The van der Waals surface area contributed by atoms with Crippen LogP contribution >= 0.6 is 31.9 Å². The minimum absolute atomic E-state index is 0.154. The predicted octanol–water partition coefficient (Wildman–Crippen LogP) is 5.08. The van der Waals surface area contributed by atoms with E-state index >= 15 is 0 Å². The third-order valence-electron chi connectivity index (χ3n) is 2.41. The Morgan fingerprint density at radius 3 is 2.80 bits per heavy atom. The molecule has 1 aromatic carbocycles. The Kier molecular flexibility index (Phi) is 5.83. The van der Waals surface area contributed by atoms with Gasteiger partial charge in [0.15, 0.2) is 0 Å². The SMILES string of the molecule is CCC(Br)CCCc1cc(F)ccc1Br. The van der Waals surface area contributed by atoms with Gasteiger partial charge in [-0.05, 0) is 49.4 Å². The van der Waals surface area contributed by atoms with Gasteiger partial charge in [-0.2, -0.15) is 0 Å². The lowest BCUT2D eigenvalue weighted by molar-refractivity contribution is 0.622. The highest BCUT2D eigenvalue weighted by molar-refractivity contribution is 9.10. The zero-order chi connectivity index (χ0) is 11.3. The van der Waals surface area contributed by atoms with Crippen molar-refractivity contribution in [1.82, 2.24) is 0 Å². The second-order valence-corrected chi connectivity index (χ2v) is 5.78. The van der Waals surface area contributed by atoms with Gasteiger partial charge in [-0.1, -0.05) is 38.8 Å². The van der Waals surface area contributed by atoms with Crippen LogP contribution in [0.25, 0.3) is 0 Å². The van der Waals surface area contributed by atoms with Gasteiger partial charge in [0.25, 0.3) is 0 Å². The number of rotatable bonds is 5. The van der Waals surface area contributed by atoms with Crippen molar-refractivity contribution in [1.29, 1.82) is 0 Å². The van der Waals surface area contributed by atoms with Crippen molar-refractivity contribution in [2.45, 2.75) is 37.4 Å². The summed E-state index contributed by atoms with van der Waals surface area (Å²) in [5, 5.41) is 0. The number of halogens is 3. The molecule has 0 spiro atoms. The summed E-state index contributed by atoms with van der Waals surface area (Å²) in [6, 6.07) is 4.86. The van der Waals surface area contributed by atoms with Gasteiger partial charge < -0.3 is 0 Å². The minimum Gasteiger partial charge on any atom is -0.207 e. The summed E-state index contributed by atoms with van der Waals surface area (Å²) >= 11 is 7.03. The fourth-order valence-corrected chi connectivity index (χ4v) is 2.22. The molecular formula is C12H15Br2F. The lowest BCUT2D eigenvalue weighted by Gasteiger charge is -2.07. The highest BCUT2D eigenvalue weighted by Gasteiger charge is 2.04. The van der Waals surface area contributed by atoms with Crippen LogP contribution in [0.4, 0.5) is 4.39 Å². The molecule has 15 heavy (non-hydrogen) atoms. The molecule has 1 aromatic rings. The van der Waals surface area contributed by atoms with Crippen molar-refractivity contribution in [2.24, 2.45) is 0 Å². The fourth-order valence-electron chi connectivity index (χ4n) is 1.45. The monoisotopic (exact) mass is 336 g/mol. The second kappa shape index (κ2) is 6.64. The van der Waals surface area contributed by atoms with Crippen molar-refractivity contribution in [3.05, 3.63) is 34.1 Å². The molecule has 0 nitrogen and oxygen atoms in total. The van der Waals surface area contributed by atoms with E-state index in [1.807, 2.05) is 0 Å². The first-order valence-electron chi connectivity index (χ1n) is 5.21. The predicted molar refractivity (Wildman–Crippen MR) is 70.0 cm³/mol. The van der Waals surface area contributed by atoms with Crippen LogP contribution in [0.3, 0.4) is 0 Å². The summed E-state index contributed by atoms with van der Waals surface area (Å²) in [7, 11) is 0. The van der Waals surface area contributed by atoms with E-state index in [1.165, 1.54) is 6.07 Å². The van der Waals surface area contributed by atoms with E-state index < -0.39 is 0 Å². The summed E-state index contributed by atoms with van der Waals surface area (Å²) in [6.45, 7) is 2.16. The van der Waals surface area contributed by atoms with Gasteiger partial charge >= 0.3 is 0 Å². The summed E-state index contributed by atoms with van der Waals surface area (Å²) in [6.07, 6.45) is 4.30. The quantitative estimate of drug-likeness (QED) is 0.657. The van der Waals surface area contributed by atoms with Crippen LogP contribution in [0.15, 0.2) is 22.7 Å². The van der Waals surface area contributed by atoms with Crippen molar-refractivity contribution < 1.29 is 4.39 Å². The Labute approximate surface area is 108 Å². The van der Waals surface area contributed by atoms with Crippen LogP contribution in [0.1, 0.15) is 31.7 Å². The molecule has 1 rings (SSSR count). The Hall–Kier alpha value is 0.110. The van der Waals surface area contributed by atoms with Crippen LogP contribution in [0, 0.1) is 5.82 Å². The van der Waals surface area contributed by atoms with Crippen LogP contribution < -0.4 is 0 Å². The molecule has 0 saturated carbocycles. The Balaban J connectivity index is 2.46. The molecule has 0 bridgehead atoms. The highest BCUT2D eigenvalue weighted by atomic mass is 79.9. The fraction of sp³-hybridized carbons (Fsp3) is 0.500. The van der Waals surface area contributed by atoms with Crippen LogP contribution in [0.2, 0.25) is 0 Å². The van der Waals surface area contributed by atoms with Crippen molar-refractivity contribution in [2.75, 3.05) is 0 Å². The third-order valence-corrected chi connectivity index (χ3v) is 4.29. The smallest absolute Gasteiger partial charge is 0.123 e. The van der Waals surface area contributed by atoms with E-state index in [-0.39, 0.29) is 5.82 Å². The molecule has 0 aliphatic heterocycles. The maximum absolute atomic E-state index is 13.0. The average molecular weight is 338 g/mol. The normalized spacial score (nSPS) is 12.8. The molecule has 0 fully saturated rings. The molecular weight excluding hydrogens is 323 g/mol. The molecule has 1 atom stereocenters. The summed E-state index contributed by atoms with van der Waals surface area (Å²) < 4.78 is 14.0. The molecule has 0 aromatic heterocycles. The van der Waals surface area contributed by atoms with Crippen molar-refractivity contribution >= 4 is 31.9 Å². The third kappa shape index (κ3) is 4.64. The largest absolute Gasteiger partial charge is 0.207 e. The molecule has 0 amide bonds. The van der Waals surface area contributed by atoms with Gasteiger partial charge in [0.05, 0.1) is 0 Å². The van der Waals surface area contributed by atoms with Crippen LogP contribution in [-0.4, -0.2) is 4.83 Å². The Bertz CT molecular complexity index is 312. The number of hydrogen-bond acceptors (Lipinski definition) is 0. The Morgan fingerprint density at radius 2 is 2.13 bits per heavy atom. The molecule has 0 saturated heterocycles. The number of benzene rings is 1. The van der Waals surface area contributed by atoms with E-state index in [2.05, 4.69) is 38.8 Å². The summed E-state index contributed by atoms with van der Waals surface area (Å²) in [5.41, 5.74) is 1.06. The molecule has 84 valence electrons. The zero-order valence-electron chi connectivity index (χ0n) is 8.77. The zero-order valence-corrected chi connectivity index (χ0v) is 11.9. The molecule has 0 heterocycles. The van der Waals surface area contributed by atoms with E-state index in [9.17, 15) is 4.39 Å². The van der Waals surface area contributed by atoms with Gasteiger partial charge in [-0.25, -0.2) is 4.39 Å². The summed E-state index contributed by atoms with van der Waals surface area (Å²) in [5.74, 6) is -0.154. The first kappa shape index (κ1) is 13.2. The first-order chi connectivity index (χ1) is 7.13. The maximum Gasteiger partial charge on any atom is 0.123 e. The van der Waals surface area contributed by atoms with Crippen LogP contribution in [-0.2, 0) is 6.42 Å². The summed E-state index contributed by atoms with van der Waals surface area (Å²) in [4.78, 5) is 0.588. The first-order valence-corrected chi connectivity index (χ1v) is 6.92. The Morgan fingerprint density at radius 1 is 1.40 bits per heavy atom. The molecule has 0 N–H and O–H groups in total. The van der Waals surface area contributed by atoms with Crippen LogP contribution in [0.5, 0.6) is 0 Å². The lowest BCUT2D eigenvalue weighted by atomic mass is 10.1. The van der Waals surface area contributed by atoms with Gasteiger partial charge in [0.2, 0.25) is 0 Å². The van der Waals surface area contributed by atoms with E-state index in [1.54, 1.807) is 12.1 Å². The van der Waals surface area contributed by atoms with Gasteiger partial charge in [0.1, 0.15) is 5.82 Å². The number of aryl methyl sites for hydroxylation is 1. The number of alkyl halides is 1. The molecule has 0 aliphatic rings. The standard InChI is InChI=1S/C12H15Br2F/c1-2-10(13)5-3-4-9-8-11(15)6-7-12(9)14/h6-8,10H,2-5H2,1H3. The van der Waals surface area contributed by atoms with Gasteiger partial charge in [0, 0.05) is 9.30 Å². The molecule has 0 aliphatic carbocycles. The van der Waals surface area contributed by atoms with E-state index in [4.69, 9.17) is 0 Å². The molecule has 3 heteroatoms. The minimum atomic E-state index is -0.154. The average Bonchev–Trinajstić information content (AvgIpc) is 2.23. The van der Waals surface area contributed by atoms with Gasteiger partial charge in [-0.15, -0.1) is 0 Å². The molecule has 0 radical (unpaired) electrons. The van der Waals surface area contributed by atoms with Crippen molar-refractivity contribution in [3.8, 4) is 0 Å². The van der Waals surface area contributed by atoms with E-state index in [0.29, 0.717) is 4.83 Å². The highest BCUT2D eigenvalue weighted by Crippen LogP contribution is 2.21. The van der Waals surface area contributed by atoms with E-state index in [0.717, 1.165) is 35.7 Å².